The summed E-state index contributed by atoms with van der Waals surface area (Å²) in [5, 5.41) is 3.17. The van der Waals surface area contributed by atoms with Gasteiger partial charge < -0.3 is 11.1 Å². The van der Waals surface area contributed by atoms with Crippen LogP contribution in [-0.2, 0) is 4.79 Å². The molecule has 3 N–H and O–H groups in total. The normalized spacial score (nSPS) is 19.5. The molecule has 0 aliphatic heterocycles. The van der Waals surface area contributed by atoms with Crippen LogP contribution in [0.2, 0.25) is 0 Å². The third-order valence-electron chi connectivity index (χ3n) is 4.73. The van der Waals surface area contributed by atoms with E-state index in [2.05, 4.69) is 19.2 Å². The van der Waals surface area contributed by atoms with E-state index in [0.29, 0.717) is 4.99 Å². The molecule has 1 saturated carbocycles. The van der Waals surface area contributed by atoms with Crippen molar-refractivity contribution in [1.82, 2.24) is 5.32 Å². The van der Waals surface area contributed by atoms with E-state index in [4.69, 9.17) is 18.0 Å². The minimum absolute atomic E-state index is 0.0693. The number of carbonyl (C=O) groups is 1. The molecular formula is C17H32N2OS. The fourth-order valence-electron chi connectivity index (χ4n) is 3.23. The van der Waals surface area contributed by atoms with E-state index in [-0.39, 0.29) is 11.9 Å². The molecule has 0 heterocycles. The number of unbranched alkanes of at least 4 members (excludes halogenated alkanes) is 3. The van der Waals surface area contributed by atoms with E-state index in [0.717, 1.165) is 32.1 Å². The zero-order chi connectivity index (χ0) is 15.7. The third-order valence-corrected chi connectivity index (χ3v) is 5.12. The number of nitrogens with one attached hydrogen (secondary N) is 1. The summed E-state index contributed by atoms with van der Waals surface area (Å²) in [4.78, 5) is 13.1. The summed E-state index contributed by atoms with van der Waals surface area (Å²) in [6.45, 7) is 4.30. The lowest BCUT2D eigenvalue weighted by Crippen LogP contribution is -2.50. The molecule has 1 unspecified atom stereocenters. The van der Waals surface area contributed by atoms with Gasteiger partial charge in [-0.3, -0.25) is 4.79 Å². The lowest BCUT2D eigenvalue weighted by Gasteiger charge is -2.31. The van der Waals surface area contributed by atoms with Gasteiger partial charge in [0.05, 0.1) is 10.4 Å². The molecule has 3 nitrogen and oxygen atoms in total. The average molecular weight is 313 g/mol. The van der Waals surface area contributed by atoms with Crippen molar-refractivity contribution in [3.8, 4) is 0 Å². The number of hydrogen-bond acceptors (Lipinski definition) is 2. The topological polar surface area (TPSA) is 55.1 Å². The summed E-state index contributed by atoms with van der Waals surface area (Å²) in [6, 6.07) is 0.212. The van der Waals surface area contributed by atoms with Gasteiger partial charge in [-0.25, -0.2) is 0 Å². The summed E-state index contributed by atoms with van der Waals surface area (Å²) in [7, 11) is 0. The van der Waals surface area contributed by atoms with Gasteiger partial charge in [0, 0.05) is 6.04 Å². The fourth-order valence-corrected chi connectivity index (χ4v) is 3.53. The molecule has 0 aromatic carbocycles. The van der Waals surface area contributed by atoms with Crippen LogP contribution in [0.25, 0.3) is 0 Å². The molecule has 0 radical (unpaired) electrons. The molecule has 4 heteroatoms. The van der Waals surface area contributed by atoms with Gasteiger partial charge in [-0.05, 0) is 26.2 Å². The predicted molar refractivity (Wildman–Crippen MR) is 93.3 cm³/mol. The maximum absolute atomic E-state index is 12.7. The molecule has 1 amide bonds. The number of carbonyl (C=O) groups excluding carboxylic acids is 1. The molecule has 122 valence electrons. The molecule has 1 aliphatic rings. The van der Waals surface area contributed by atoms with Gasteiger partial charge in [-0.15, -0.1) is 0 Å². The van der Waals surface area contributed by atoms with Crippen LogP contribution in [-0.4, -0.2) is 16.9 Å². The Morgan fingerprint density at radius 2 is 1.81 bits per heavy atom. The molecule has 0 aromatic heterocycles. The van der Waals surface area contributed by atoms with E-state index in [1.807, 2.05) is 0 Å². The SMILES string of the molecule is CCCCCCC(C)NC(=O)C1(C(N)=S)CCCCCC1. The Kier molecular flexibility index (Phi) is 8.23. The first-order valence-electron chi connectivity index (χ1n) is 8.64. The first-order chi connectivity index (χ1) is 10.0. The number of thiocarbonyl (C=S) groups is 1. The van der Waals surface area contributed by atoms with Crippen LogP contribution in [0.3, 0.4) is 0 Å². The molecule has 1 rings (SSSR count). The van der Waals surface area contributed by atoms with Crippen molar-refractivity contribution < 1.29 is 4.79 Å². The molecule has 0 saturated heterocycles. The Morgan fingerprint density at radius 3 is 2.33 bits per heavy atom. The molecular weight excluding hydrogens is 280 g/mol. The van der Waals surface area contributed by atoms with Crippen LogP contribution in [0.1, 0.15) is 84.5 Å². The molecule has 1 aliphatic carbocycles. The van der Waals surface area contributed by atoms with Crippen LogP contribution in [0.15, 0.2) is 0 Å². The van der Waals surface area contributed by atoms with Crippen LogP contribution in [0.5, 0.6) is 0 Å². The molecule has 1 atom stereocenters. The van der Waals surface area contributed by atoms with Crippen molar-refractivity contribution in [2.24, 2.45) is 11.1 Å². The maximum Gasteiger partial charge on any atom is 0.233 e. The van der Waals surface area contributed by atoms with Crippen molar-refractivity contribution in [3.05, 3.63) is 0 Å². The summed E-state index contributed by atoms with van der Waals surface area (Å²) in [5.74, 6) is 0.0693. The first-order valence-corrected chi connectivity index (χ1v) is 9.04. The highest BCUT2D eigenvalue weighted by molar-refractivity contribution is 7.80. The highest BCUT2D eigenvalue weighted by Crippen LogP contribution is 2.36. The van der Waals surface area contributed by atoms with E-state index in [9.17, 15) is 4.79 Å². The van der Waals surface area contributed by atoms with E-state index >= 15 is 0 Å². The average Bonchev–Trinajstić information content (AvgIpc) is 2.70. The van der Waals surface area contributed by atoms with Crippen molar-refractivity contribution in [3.63, 3.8) is 0 Å². The van der Waals surface area contributed by atoms with Crippen LogP contribution >= 0.6 is 12.2 Å². The summed E-state index contributed by atoms with van der Waals surface area (Å²) < 4.78 is 0. The van der Waals surface area contributed by atoms with Crippen molar-refractivity contribution in [2.45, 2.75) is 90.5 Å². The third kappa shape index (κ3) is 5.57. The Hall–Kier alpha value is -0.640. The van der Waals surface area contributed by atoms with Crippen LogP contribution < -0.4 is 11.1 Å². The summed E-state index contributed by atoms with van der Waals surface area (Å²) in [5.41, 5.74) is 5.36. The molecule has 0 spiro atoms. The lowest BCUT2D eigenvalue weighted by atomic mass is 9.79. The quantitative estimate of drug-likeness (QED) is 0.403. The minimum atomic E-state index is -0.594. The number of amides is 1. The Balaban J connectivity index is 2.54. The summed E-state index contributed by atoms with van der Waals surface area (Å²) in [6.07, 6.45) is 12.1. The second-order valence-corrected chi connectivity index (χ2v) is 7.02. The van der Waals surface area contributed by atoms with Crippen LogP contribution in [0, 0.1) is 5.41 Å². The highest BCUT2D eigenvalue weighted by Gasteiger charge is 2.41. The Morgan fingerprint density at radius 1 is 1.19 bits per heavy atom. The Bertz CT molecular complexity index is 336. The van der Waals surface area contributed by atoms with Gasteiger partial charge in [-0.2, -0.15) is 0 Å². The molecule has 0 bridgehead atoms. The zero-order valence-electron chi connectivity index (χ0n) is 13.7. The Labute approximate surface area is 135 Å². The first kappa shape index (κ1) is 18.4. The minimum Gasteiger partial charge on any atom is -0.392 e. The van der Waals surface area contributed by atoms with Gasteiger partial charge in [0.2, 0.25) is 5.91 Å². The second kappa shape index (κ2) is 9.39. The van der Waals surface area contributed by atoms with Crippen molar-refractivity contribution in [1.29, 1.82) is 0 Å². The monoisotopic (exact) mass is 312 g/mol. The van der Waals surface area contributed by atoms with Gasteiger partial charge in [0.25, 0.3) is 0 Å². The maximum atomic E-state index is 12.7. The van der Waals surface area contributed by atoms with Gasteiger partial charge >= 0.3 is 0 Å². The number of hydrogen-bond donors (Lipinski definition) is 2. The van der Waals surface area contributed by atoms with Crippen molar-refractivity contribution >= 4 is 23.1 Å². The molecule has 21 heavy (non-hydrogen) atoms. The predicted octanol–water partition coefficient (Wildman–Crippen LogP) is 4.09. The van der Waals surface area contributed by atoms with E-state index < -0.39 is 5.41 Å². The standard InChI is InChI=1S/C17H32N2OS/c1-3-4-5-8-11-14(2)19-16(20)17(15(18)21)12-9-6-7-10-13-17/h14H,3-13H2,1-2H3,(H2,18,21)(H,19,20). The van der Waals surface area contributed by atoms with Gasteiger partial charge in [-0.1, -0.05) is 70.5 Å². The van der Waals surface area contributed by atoms with Gasteiger partial charge in [0.15, 0.2) is 0 Å². The number of nitrogens with two attached hydrogens (primary N) is 1. The smallest absolute Gasteiger partial charge is 0.233 e. The molecule has 0 aromatic rings. The highest BCUT2D eigenvalue weighted by atomic mass is 32.1. The lowest BCUT2D eigenvalue weighted by molar-refractivity contribution is -0.128. The zero-order valence-corrected chi connectivity index (χ0v) is 14.6. The van der Waals surface area contributed by atoms with Crippen LogP contribution in [0.4, 0.5) is 0 Å². The largest absolute Gasteiger partial charge is 0.392 e. The van der Waals surface area contributed by atoms with E-state index in [1.54, 1.807) is 0 Å². The van der Waals surface area contributed by atoms with E-state index in [1.165, 1.54) is 38.5 Å². The second-order valence-electron chi connectivity index (χ2n) is 6.58. The number of rotatable bonds is 8. The summed E-state index contributed by atoms with van der Waals surface area (Å²) >= 11 is 5.26. The van der Waals surface area contributed by atoms with Gasteiger partial charge in [0.1, 0.15) is 0 Å². The van der Waals surface area contributed by atoms with Crippen molar-refractivity contribution in [2.75, 3.05) is 0 Å². The molecule has 1 fully saturated rings. The fraction of sp³-hybridized carbons (Fsp3) is 0.882.